The Hall–Kier alpha value is -0.770. The average Bonchev–Trinajstić information content (AvgIpc) is 2.76. The van der Waals surface area contributed by atoms with Gasteiger partial charge in [0.05, 0.1) is 0 Å². The van der Waals surface area contributed by atoms with E-state index in [4.69, 9.17) is 5.73 Å². The molecule has 0 radical (unpaired) electrons. The lowest BCUT2D eigenvalue weighted by atomic mass is 9.99. The molecule has 0 spiro atoms. The van der Waals surface area contributed by atoms with Gasteiger partial charge in [0.25, 0.3) is 0 Å². The van der Waals surface area contributed by atoms with Gasteiger partial charge in [0.15, 0.2) is 0 Å². The molecule has 4 heteroatoms. The minimum Gasteiger partial charge on any atom is -0.338 e. The van der Waals surface area contributed by atoms with Gasteiger partial charge in [0, 0.05) is 19.1 Å². The van der Waals surface area contributed by atoms with Gasteiger partial charge in [-0.3, -0.25) is 0 Å². The summed E-state index contributed by atoms with van der Waals surface area (Å²) in [6.45, 7) is 3.36. The van der Waals surface area contributed by atoms with Crippen LogP contribution in [-0.4, -0.2) is 25.2 Å². The Bertz CT molecular complexity index is 190. The summed E-state index contributed by atoms with van der Waals surface area (Å²) < 4.78 is 0. The molecular weight excluding hydrogens is 190 g/mol. The molecule has 1 aliphatic carbocycles. The Kier molecular flexibility index (Phi) is 5.47. The second kappa shape index (κ2) is 6.67. The lowest BCUT2D eigenvalue weighted by molar-refractivity contribution is 0.239. The van der Waals surface area contributed by atoms with E-state index in [-0.39, 0.29) is 12.1 Å². The molecule has 1 saturated carbocycles. The number of hydrogen-bond acceptors (Lipinski definition) is 2. The molecule has 15 heavy (non-hydrogen) atoms. The summed E-state index contributed by atoms with van der Waals surface area (Å²) >= 11 is 0. The van der Waals surface area contributed by atoms with Gasteiger partial charge in [0.2, 0.25) is 0 Å². The van der Waals surface area contributed by atoms with Gasteiger partial charge in [-0.15, -0.1) is 0 Å². The van der Waals surface area contributed by atoms with Crippen LogP contribution < -0.4 is 16.4 Å². The van der Waals surface area contributed by atoms with Crippen molar-refractivity contribution in [2.75, 3.05) is 13.1 Å². The summed E-state index contributed by atoms with van der Waals surface area (Å²) in [4.78, 5) is 11.2. The van der Waals surface area contributed by atoms with Crippen LogP contribution in [0.25, 0.3) is 0 Å². The van der Waals surface area contributed by atoms with Gasteiger partial charge in [-0.05, 0) is 25.2 Å². The summed E-state index contributed by atoms with van der Waals surface area (Å²) in [5, 5.41) is 5.59. The van der Waals surface area contributed by atoms with Gasteiger partial charge in [-0.25, -0.2) is 4.79 Å². The van der Waals surface area contributed by atoms with E-state index < -0.39 is 0 Å². The Morgan fingerprint density at radius 2 is 2.07 bits per heavy atom. The summed E-state index contributed by atoms with van der Waals surface area (Å²) in [6, 6.07) is 0.0326. The summed E-state index contributed by atoms with van der Waals surface area (Å²) in [6.07, 6.45) is 5.99. The van der Waals surface area contributed by atoms with Crippen LogP contribution in [0, 0.1) is 5.92 Å². The maximum atomic E-state index is 11.2. The highest BCUT2D eigenvalue weighted by molar-refractivity contribution is 5.73. The van der Waals surface area contributed by atoms with Crippen molar-refractivity contribution in [1.82, 2.24) is 10.6 Å². The Morgan fingerprint density at radius 3 is 2.67 bits per heavy atom. The zero-order valence-corrected chi connectivity index (χ0v) is 9.59. The van der Waals surface area contributed by atoms with Crippen molar-refractivity contribution in [1.29, 1.82) is 0 Å². The fraction of sp³-hybridized carbons (Fsp3) is 0.909. The molecule has 1 atom stereocenters. The largest absolute Gasteiger partial charge is 0.338 e. The van der Waals surface area contributed by atoms with Crippen molar-refractivity contribution in [2.24, 2.45) is 11.7 Å². The van der Waals surface area contributed by atoms with E-state index in [0.29, 0.717) is 12.5 Å². The van der Waals surface area contributed by atoms with Crippen LogP contribution in [0.3, 0.4) is 0 Å². The van der Waals surface area contributed by atoms with Crippen LogP contribution in [0.5, 0.6) is 0 Å². The van der Waals surface area contributed by atoms with Crippen molar-refractivity contribution in [3.63, 3.8) is 0 Å². The van der Waals surface area contributed by atoms with E-state index in [9.17, 15) is 4.79 Å². The molecule has 1 rings (SSSR count). The maximum Gasteiger partial charge on any atom is 0.314 e. The molecule has 4 N–H and O–H groups in total. The molecule has 88 valence electrons. The van der Waals surface area contributed by atoms with Crippen LogP contribution in [0.2, 0.25) is 0 Å². The first-order chi connectivity index (χ1) is 7.24. The molecular formula is C11H23N3O. The molecule has 1 fully saturated rings. The van der Waals surface area contributed by atoms with Crippen LogP contribution in [0.1, 0.15) is 39.0 Å². The van der Waals surface area contributed by atoms with E-state index >= 15 is 0 Å². The first-order valence-corrected chi connectivity index (χ1v) is 6.01. The van der Waals surface area contributed by atoms with E-state index in [1.54, 1.807) is 0 Å². The number of amides is 2. The molecule has 0 bridgehead atoms. The smallest absolute Gasteiger partial charge is 0.314 e. The van der Waals surface area contributed by atoms with Crippen LogP contribution >= 0.6 is 0 Å². The van der Waals surface area contributed by atoms with Gasteiger partial charge in [-0.1, -0.05) is 19.8 Å². The Labute approximate surface area is 92.0 Å². The second-order valence-corrected chi connectivity index (χ2v) is 4.35. The number of rotatable bonds is 5. The normalized spacial score (nSPS) is 18.8. The molecule has 0 aliphatic heterocycles. The average molecular weight is 213 g/mol. The van der Waals surface area contributed by atoms with Gasteiger partial charge in [0.1, 0.15) is 0 Å². The van der Waals surface area contributed by atoms with E-state index in [1.165, 1.54) is 25.7 Å². The third-order valence-corrected chi connectivity index (χ3v) is 3.04. The highest BCUT2D eigenvalue weighted by Crippen LogP contribution is 2.26. The second-order valence-electron chi connectivity index (χ2n) is 4.35. The number of nitrogens with two attached hydrogens (primary N) is 1. The van der Waals surface area contributed by atoms with Crippen molar-refractivity contribution < 1.29 is 4.79 Å². The Balaban J connectivity index is 2.09. The topological polar surface area (TPSA) is 67.2 Å². The van der Waals surface area contributed by atoms with Gasteiger partial charge < -0.3 is 16.4 Å². The molecule has 1 aliphatic rings. The molecule has 0 heterocycles. The first kappa shape index (κ1) is 12.3. The number of nitrogens with one attached hydrogen (secondary N) is 2. The monoisotopic (exact) mass is 213 g/mol. The van der Waals surface area contributed by atoms with Crippen LogP contribution in [0.4, 0.5) is 4.79 Å². The van der Waals surface area contributed by atoms with Gasteiger partial charge >= 0.3 is 6.03 Å². The third kappa shape index (κ3) is 4.51. The first-order valence-electron chi connectivity index (χ1n) is 6.01. The molecule has 0 aromatic carbocycles. The van der Waals surface area contributed by atoms with E-state index in [0.717, 1.165) is 13.0 Å². The third-order valence-electron chi connectivity index (χ3n) is 3.04. The summed E-state index contributed by atoms with van der Waals surface area (Å²) in [5.74, 6) is 0.608. The Morgan fingerprint density at radius 1 is 1.40 bits per heavy atom. The molecule has 0 aromatic heterocycles. The summed E-state index contributed by atoms with van der Waals surface area (Å²) in [7, 11) is 0. The minimum atomic E-state index is -0.0923. The highest BCUT2D eigenvalue weighted by Gasteiger charge is 2.21. The number of urea groups is 1. The number of hydrogen-bond donors (Lipinski definition) is 3. The van der Waals surface area contributed by atoms with Crippen molar-refractivity contribution in [2.45, 2.75) is 45.1 Å². The fourth-order valence-electron chi connectivity index (χ4n) is 2.06. The van der Waals surface area contributed by atoms with Crippen molar-refractivity contribution >= 4 is 6.03 Å². The number of carbonyl (C=O) groups is 1. The quantitative estimate of drug-likeness (QED) is 0.642. The van der Waals surface area contributed by atoms with Gasteiger partial charge in [-0.2, -0.15) is 0 Å². The lowest BCUT2D eigenvalue weighted by Gasteiger charge is -2.19. The standard InChI is InChI=1S/C11H23N3O/c1-2-7-13-11(15)14-8-10(12)9-5-3-4-6-9/h9-10H,2-8,12H2,1H3,(H2,13,14,15). The van der Waals surface area contributed by atoms with E-state index in [2.05, 4.69) is 10.6 Å². The van der Waals surface area contributed by atoms with Crippen molar-refractivity contribution in [3.05, 3.63) is 0 Å². The SMILES string of the molecule is CCCNC(=O)NCC(N)C1CCCC1. The summed E-state index contributed by atoms with van der Waals surface area (Å²) in [5.41, 5.74) is 6.01. The molecule has 0 saturated heterocycles. The van der Waals surface area contributed by atoms with Crippen LogP contribution in [0.15, 0.2) is 0 Å². The molecule has 4 nitrogen and oxygen atoms in total. The zero-order valence-electron chi connectivity index (χ0n) is 9.59. The fourth-order valence-corrected chi connectivity index (χ4v) is 2.06. The van der Waals surface area contributed by atoms with Crippen molar-refractivity contribution in [3.8, 4) is 0 Å². The molecule has 0 aromatic rings. The zero-order chi connectivity index (χ0) is 11.1. The lowest BCUT2D eigenvalue weighted by Crippen LogP contribution is -2.45. The minimum absolute atomic E-state index is 0.0923. The highest BCUT2D eigenvalue weighted by atomic mass is 16.2. The maximum absolute atomic E-state index is 11.2. The predicted octanol–water partition coefficient (Wildman–Crippen LogP) is 1.21. The molecule has 1 unspecified atom stereocenters. The van der Waals surface area contributed by atoms with E-state index in [1.807, 2.05) is 6.92 Å². The number of carbonyl (C=O) groups excluding carboxylic acids is 1. The molecule has 2 amide bonds. The van der Waals surface area contributed by atoms with Crippen LogP contribution in [-0.2, 0) is 0 Å². The predicted molar refractivity (Wildman–Crippen MR) is 61.6 cm³/mol.